The van der Waals surface area contributed by atoms with Gasteiger partial charge in [0.25, 0.3) is 0 Å². The van der Waals surface area contributed by atoms with Gasteiger partial charge in [0.2, 0.25) is 0 Å². The Morgan fingerprint density at radius 1 is 1.44 bits per heavy atom. The monoisotopic (exact) mass is 258 g/mol. The first-order valence-corrected chi connectivity index (χ1v) is 5.62. The Balaban J connectivity index is 2.45. The van der Waals surface area contributed by atoms with E-state index in [-0.39, 0.29) is 24.8 Å². The van der Waals surface area contributed by atoms with Gasteiger partial charge >= 0.3 is 6.03 Å². The van der Waals surface area contributed by atoms with E-state index < -0.39 is 17.7 Å². The lowest BCUT2D eigenvalue weighted by Crippen LogP contribution is -2.40. The molecule has 4 nitrogen and oxygen atoms in total. The minimum atomic E-state index is -0.569. The number of nitrogens with one attached hydrogen (secondary N) is 2. The van der Waals surface area contributed by atoms with E-state index in [1.54, 1.807) is 6.92 Å². The first-order chi connectivity index (χ1) is 8.52. The fourth-order valence-corrected chi connectivity index (χ4v) is 1.39. The minimum Gasteiger partial charge on any atom is -0.396 e. The van der Waals surface area contributed by atoms with Gasteiger partial charge in [-0.1, -0.05) is 0 Å². The number of urea groups is 1. The van der Waals surface area contributed by atoms with E-state index in [9.17, 15) is 13.6 Å². The summed E-state index contributed by atoms with van der Waals surface area (Å²) in [4.78, 5) is 11.4. The number of carbonyl (C=O) groups excluding carboxylic acids is 1. The molecule has 18 heavy (non-hydrogen) atoms. The molecule has 0 unspecified atom stereocenters. The van der Waals surface area contributed by atoms with Crippen LogP contribution in [0.1, 0.15) is 18.9 Å². The van der Waals surface area contributed by atoms with Crippen molar-refractivity contribution in [3.63, 3.8) is 0 Å². The Hall–Kier alpha value is -1.69. The van der Waals surface area contributed by atoms with Gasteiger partial charge in [0, 0.05) is 24.8 Å². The third-order valence-electron chi connectivity index (χ3n) is 2.39. The zero-order chi connectivity index (χ0) is 13.5. The van der Waals surface area contributed by atoms with E-state index in [1.807, 2.05) is 0 Å². The zero-order valence-corrected chi connectivity index (χ0v) is 10.0. The van der Waals surface area contributed by atoms with E-state index in [0.29, 0.717) is 6.42 Å². The molecular formula is C12H16F2N2O2. The summed E-state index contributed by atoms with van der Waals surface area (Å²) < 4.78 is 26.1. The molecular weight excluding hydrogens is 242 g/mol. The summed E-state index contributed by atoms with van der Waals surface area (Å²) in [6.07, 6.45) is 0.432. The van der Waals surface area contributed by atoms with Gasteiger partial charge < -0.3 is 15.7 Å². The molecule has 100 valence electrons. The third kappa shape index (κ3) is 4.67. The van der Waals surface area contributed by atoms with Crippen LogP contribution >= 0.6 is 0 Å². The van der Waals surface area contributed by atoms with Crippen LogP contribution in [0, 0.1) is 11.6 Å². The van der Waals surface area contributed by atoms with Crippen LogP contribution in [0.15, 0.2) is 18.2 Å². The number of aliphatic hydroxyl groups is 1. The van der Waals surface area contributed by atoms with Crippen LogP contribution in [0.4, 0.5) is 13.6 Å². The van der Waals surface area contributed by atoms with E-state index in [1.165, 1.54) is 0 Å². The standard InChI is InChI=1S/C12H16F2N2O2/c1-8(4-5-17)16-12(18)15-7-9-6-10(13)2-3-11(9)14/h2-3,6,8,17H,4-5,7H2,1H3,(H2,15,16,18)/t8-/m1/s1. The molecule has 0 fully saturated rings. The van der Waals surface area contributed by atoms with Crippen molar-refractivity contribution in [1.82, 2.24) is 10.6 Å². The van der Waals surface area contributed by atoms with Crippen LogP contribution in [0.2, 0.25) is 0 Å². The topological polar surface area (TPSA) is 61.4 Å². The van der Waals surface area contributed by atoms with Crippen molar-refractivity contribution in [3.8, 4) is 0 Å². The Kier molecular flexibility index (Phi) is 5.51. The Bertz CT molecular complexity index is 413. The van der Waals surface area contributed by atoms with Crippen LogP contribution < -0.4 is 10.6 Å². The molecule has 0 aliphatic heterocycles. The SMILES string of the molecule is C[C@H](CCO)NC(=O)NCc1cc(F)ccc1F. The maximum Gasteiger partial charge on any atom is 0.315 e. The van der Waals surface area contributed by atoms with Crippen molar-refractivity contribution in [3.05, 3.63) is 35.4 Å². The van der Waals surface area contributed by atoms with Crippen molar-refractivity contribution in [2.24, 2.45) is 0 Å². The van der Waals surface area contributed by atoms with E-state index in [0.717, 1.165) is 18.2 Å². The highest BCUT2D eigenvalue weighted by Crippen LogP contribution is 2.09. The van der Waals surface area contributed by atoms with Gasteiger partial charge in [0.05, 0.1) is 0 Å². The normalized spacial score (nSPS) is 12.0. The zero-order valence-electron chi connectivity index (χ0n) is 10.0. The molecule has 6 heteroatoms. The molecule has 0 aliphatic rings. The van der Waals surface area contributed by atoms with Gasteiger partial charge in [-0.3, -0.25) is 0 Å². The van der Waals surface area contributed by atoms with Gasteiger partial charge in [-0.05, 0) is 31.5 Å². The van der Waals surface area contributed by atoms with Gasteiger partial charge in [0.1, 0.15) is 11.6 Å². The highest BCUT2D eigenvalue weighted by molar-refractivity contribution is 5.74. The molecule has 1 aromatic carbocycles. The summed E-state index contributed by atoms with van der Waals surface area (Å²) in [6, 6.07) is 2.39. The maximum atomic E-state index is 13.2. The average molecular weight is 258 g/mol. The Labute approximate surface area is 104 Å². The molecule has 1 atom stereocenters. The average Bonchev–Trinajstić information content (AvgIpc) is 2.30. The molecule has 0 spiro atoms. The number of hydrogen-bond donors (Lipinski definition) is 3. The van der Waals surface area contributed by atoms with Crippen molar-refractivity contribution in [2.75, 3.05) is 6.61 Å². The molecule has 2 amide bonds. The third-order valence-corrected chi connectivity index (χ3v) is 2.39. The molecule has 1 rings (SSSR count). The quantitative estimate of drug-likeness (QED) is 0.750. The van der Waals surface area contributed by atoms with Crippen LogP contribution in [0.3, 0.4) is 0 Å². The summed E-state index contributed by atoms with van der Waals surface area (Å²) >= 11 is 0. The number of amides is 2. The van der Waals surface area contributed by atoms with Crippen molar-refractivity contribution < 1.29 is 18.7 Å². The molecule has 0 saturated heterocycles. The Morgan fingerprint density at radius 2 is 2.17 bits per heavy atom. The number of rotatable bonds is 5. The second kappa shape index (κ2) is 6.90. The number of aliphatic hydroxyl groups excluding tert-OH is 1. The lowest BCUT2D eigenvalue weighted by molar-refractivity contribution is 0.230. The largest absolute Gasteiger partial charge is 0.396 e. The molecule has 0 heterocycles. The Morgan fingerprint density at radius 3 is 2.83 bits per heavy atom. The molecule has 0 aromatic heterocycles. The summed E-state index contributed by atoms with van der Waals surface area (Å²) in [6.45, 7) is 1.61. The van der Waals surface area contributed by atoms with Gasteiger partial charge in [-0.15, -0.1) is 0 Å². The highest BCUT2D eigenvalue weighted by Gasteiger charge is 2.08. The van der Waals surface area contributed by atoms with Gasteiger partial charge in [-0.2, -0.15) is 0 Å². The predicted octanol–water partition coefficient (Wildman–Crippen LogP) is 1.53. The molecule has 0 radical (unpaired) electrons. The van der Waals surface area contributed by atoms with E-state index in [2.05, 4.69) is 10.6 Å². The fourth-order valence-electron chi connectivity index (χ4n) is 1.39. The second-order valence-electron chi connectivity index (χ2n) is 3.98. The molecule has 0 aliphatic carbocycles. The number of carbonyl (C=O) groups is 1. The molecule has 3 N–H and O–H groups in total. The smallest absolute Gasteiger partial charge is 0.315 e. The van der Waals surface area contributed by atoms with Crippen LogP contribution in [-0.4, -0.2) is 23.8 Å². The predicted molar refractivity (Wildman–Crippen MR) is 62.9 cm³/mol. The number of halogens is 2. The second-order valence-corrected chi connectivity index (χ2v) is 3.98. The van der Waals surface area contributed by atoms with E-state index >= 15 is 0 Å². The molecule has 0 bridgehead atoms. The number of hydrogen-bond acceptors (Lipinski definition) is 2. The maximum absolute atomic E-state index is 13.2. The van der Waals surface area contributed by atoms with Gasteiger partial charge in [0.15, 0.2) is 0 Å². The lowest BCUT2D eigenvalue weighted by Gasteiger charge is -2.13. The van der Waals surface area contributed by atoms with Crippen molar-refractivity contribution >= 4 is 6.03 Å². The minimum absolute atomic E-state index is 0.0278. The van der Waals surface area contributed by atoms with Crippen molar-refractivity contribution in [1.29, 1.82) is 0 Å². The van der Waals surface area contributed by atoms with Crippen LogP contribution in [-0.2, 0) is 6.54 Å². The fraction of sp³-hybridized carbons (Fsp3) is 0.417. The van der Waals surface area contributed by atoms with Crippen LogP contribution in [0.5, 0.6) is 0 Å². The first kappa shape index (κ1) is 14.4. The summed E-state index contributed by atoms with van der Waals surface area (Å²) in [5.41, 5.74) is 0.0833. The van der Waals surface area contributed by atoms with Crippen molar-refractivity contribution in [2.45, 2.75) is 25.9 Å². The summed E-state index contributed by atoms with van der Waals surface area (Å²) in [5.74, 6) is -1.12. The molecule has 1 aromatic rings. The van der Waals surface area contributed by atoms with Crippen LogP contribution in [0.25, 0.3) is 0 Å². The number of benzene rings is 1. The van der Waals surface area contributed by atoms with Gasteiger partial charge in [-0.25, -0.2) is 13.6 Å². The lowest BCUT2D eigenvalue weighted by atomic mass is 10.2. The summed E-state index contributed by atoms with van der Waals surface area (Å²) in [5, 5.41) is 13.6. The van der Waals surface area contributed by atoms with E-state index in [4.69, 9.17) is 5.11 Å². The summed E-state index contributed by atoms with van der Waals surface area (Å²) in [7, 11) is 0. The molecule has 0 saturated carbocycles. The highest BCUT2D eigenvalue weighted by atomic mass is 19.1. The first-order valence-electron chi connectivity index (χ1n) is 5.62.